The van der Waals surface area contributed by atoms with Gasteiger partial charge in [0.05, 0.1) is 7.11 Å². The van der Waals surface area contributed by atoms with Gasteiger partial charge in [-0.15, -0.1) is 0 Å². The van der Waals surface area contributed by atoms with Crippen molar-refractivity contribution >= 4 is 0 Å². The lowest BCUT2D eigenvalue weighted by Gasteiger charge is -2.13. The summed E-state index contributed by atoms with van der Waals surface area (Å²) >= 11 is 0. The molecule has 0 saturated carbocycles. The molecule has 96 valence electrons. The monoisotopic (exact) mass is 253 g/mol. The summed E-state index contributed by atoms with van der Waals surface area (Å²) in [6.07, 6.45) is -0.617. The van der Waals surface area contributed by atoms with Crippen LogP contribution in [0.2, 0.25) is 0 Å². The Kier molecular flexibility index (Phi) is 4.04. The van der Waals surface area contributed by atoms with Gasteiger partial charge < -0.3 is 9.47 Å². The summed E-state index contributed by atoms with van der Waals surface area (Å²) in [4.78, 5) is 0. The summed E-state index contributed by atoms with van der Waals surface area (Å²) < 4.78 is 10.8. The largest absolute Gasteiger partial charge is 0.497 e. The predicted molar refractivity (Wildman–Crippen MR) is 73.2 cm³/mol. The molecule has 0 aliphatic rings. The summed E-state index contributed by atoms with van der Waals surface area (Å²) in [6, 6.07) is 17.1. The van der Waals surface area contributed by atoms with Crippen LogP contribution in [0.5, 0.6) is 11.5 Å². The van der Waals surface area contributed by atoms with Gasteiger partial charge in [0, 0.05) is 5.56 Å². The second-order valence-corrected chi connectivity index (χ2v) is 4.21. The number of methoxy groups -OCH3 is 1. The normalized spacial score (nSPS) is 11.4. The molecule has 2 aromatic carbocycles. The molecule has 19 heavy (non-hydrogen) atoms. The Hall–Kier alpha value is -2.47. The topological polar surface area (TPSA) is 42.2 Å². The van der Waals surface area contributed by atoms with Crippen LogP contribution in [0.4, 0.5) is 0 Å². The van der Waals surface area contributed by atoms with Crippen molar-refractivity contribution in [2.75, 3.05) is 7.11 Å². The van der Waals surface area contributed by atoms with Crippen LogP contribution in [0.1, 0.15) is 17.2 Å². The number of hydrogen-bond donors (Lipinski definition) is 0. The van der Waals surface area contributed by atoms with Crippen molar-refractivity contribution in [3.8, 4) is 17.6 Å². The fourth-order valence-corrected chi connectivity index (χ4v) is 1.70. The first-order valence-electron chi connectivity index (χ1n) is 6.00. The molecule has 1 atom stereocenters. The summed E-state index contributed by atoms with van der Waals surface area (Å²) in [5, 5.41) is 9.22. The molecular weight excluding hydrogens is 238 g/mol. The fraction of sp³-hybridized carbons (Fsp3) is 0.188. The second kappa shape index (κ2) is 5.92. The molecule has 0 aliphatic heterocycles. The molecule has 2 aromatic rings. The Morgan fingerprint density at radius 3 is 2.05 bits per heavy atom. The molecule has 0 fully saturated rings. The number of hydrogen-bond acceptors (Lipinski definition) is 3. The Morgan fingerprint density at radius 1 is 0.947 bits per heavy atom. The first kappa shape index (κ1) is 13.0. The van der Waals surface area contributed by atoms with E-state index in [-0.39, 0.29) is 0 Å². The van der Waals surface area contributed by atoms with Gasteiger partial charge in [0.15, 0.2) is 0 Å². The maximum Gasteiger partial charge on any atom is 0.209 e. The van der Waals surface area contributed by atoms with Crippen LogP contribution in [0.25, 0.3) is 0 Å². The van der Waals surface area contributed by atoms with Crippen molar-refractivity contribution in [2.24, 2.45) is 0 Å². The molecule has 3 heteroatoms. The van der Waals surface area contributed by atoms with Gasteiger partial charge >= 0.3 is 0 Å². The molecule has 0 heterocycles. The maximum absolute atomic E-state index is 9.22. The summed E-state index contributed by atoms with van der Waals surface area (Å²) in [6.45, 7) is 2.01. The lowest BCUT2D eigenvalue weighted by Crippen LogP contribution is -2.05. The second-order valence-electron chi connectivity index (χ2n) is 4.21. The third-order valence-corrected chi connectivity index (χ3v) is 2.81. The zero-order valence-corrected chi connectivity index (χ0v) is 11.0. The highest BCUT2D eigenvalue weighted by molar-refractivity contribution is 5.33. The lowest BCUT2D eigenvalue weighted by atomic mass is 10.1. The molecule has 0 aromatic heterocycles. The molecule has 0 bridgehead atoms. The molecule has 0 spiro atoms. The average molecular weight is 253 g/mol. The molecule has 0 saturated heterocycles. The van der Waals surface area contributed by atoms with Crippen LogP contribution < -0.4 is 9.47 Å². The summed E-state index contributed by atoms with van der Waals surface area (Å²) in [5.41, 5.74) is 1.97. The van der Waals surface area contributed by atoms with Crippen molar-refractivity contribution in [3.05, 3.63) is 59.7 Å². The molecule has 0 amide bonds. The van der Waals surface area contributed by atoms with Crippen LogP contribution in [0.3, 0.4) is 0 Å². The van der Waals surface area contributed by atoms with E-state index in [1.807, 2.05) is 55.5 Å². The number of nitrogens with zero attached hydrogens (tertiary/aromatic N) is 1. The van der Waals surface area contributed by atoms with E-state index < -0.39 is 6.10 Å². The Labute approximate surface area is 113 Å². The highest BCUT2D eigenvalue weighted by atomic mass is 16.5. The van der Waals surface area contributed by atoms with Crippen LogP contribution in [0.15, 0.2) is 48.5 Å². The smallest absolute Gasteiger partial charge is 0.209 e. The average Bonchev–Trinajstić information content (AvgIpc) is 2.47. The number of nitriles is 1. The Balaban J connectivity index is 2.15. The predicted octanol–water partition coefficient (Wildman–Crippen LogP) is 3.65. The van der Waals surface area contributed by atoms with E-state index in [0.717, 1.165) is 16.9 Å². The molecule has 3 nitrogen and oxygen atoms in total. The minimum atomic E-state index is -0.617. The van der Waals surface area contributed by atoms with Gasteiger partial charge in [-0.1, -0.05) is 29.8 Å². The number of benzene rings is 2. The van der Waals surface area contributed by atoms with E-state index in [0.29, 0.717) is 5.75 Å². The van der Waals surface area contributed by atoms with Crippen molar-refractivity contribution in [2.45, 2.75) is 13.0 Å². The van der Waals surface area contributed by atoms with Gasteiger partial charge in [-0.25, -0.2) is 0 Å². The van der Waals surface area contributed by atoms with Crippen LogP contribution in [0, 0.1) is 18.3 Å². The molecular formula is C16H15NO2. The van der Waals surface area contributed by atoms with E-state index in [9.17, 15) is 5.26 Å². The number of aryl methyl sites for hydroxylation is 1. The van der Waals surface area contributed by atoms with Crippen molar-refractivity contribution in [1.29, 1.82) is 5.26 Å². The standard InChI is InChI=1S/C16H15NO2/c1-12-3-7-15(8-4-12)19-16(11-17)13-5-9-14(18-2)10-6-13/h3-10,16H,1-2H3. The van der Waals surface area contributed by atoms with E-state index in [1.54, 1.807) is 7.11 Å². The summed E-state index contributed by atoms with van der Waals surface area (Å²) in [7, 11) is 1.61. The van der Waals surface area contributed by atoms with Gasteiger partial charge in [0.2, 0.25) is 6.10 Å². The lowest BCUT2D eigenvalue weighted by molar-refractivity contribution is 0.262. The van der Waals surface area contributed by atoms with Gasteiger partial charge in [-0.3, -0.25) is 0 Å². The van der Waals surface area contributed by atoms with Gasteiger partial charge in [-0.05, 0) is 31.2 Å². The number of ether oxygens (including phenoxy) is 2. The zero-order valence-electron chi connectivity index (χ0n) is 11.0. The fourth-order valence-electron chi connectivity index (χ4n) is 1.70. The van der Waals surface area contributed by atoms with Crippen molar-refractivity contribution < 1.29 is 9.47 Å². The summed E-state index contributed by atoms with van der Waals surface area (Å²) in [5.74, 6) is 1.45. The van der Waals surface area contributed by atoms with Crippen molar-refractivity contribution in [3.63, 3.8) is 0 Å². The third-order valence-electron chi connectivity index (χ3n) is 2.81. The minimum Gasteiger partial charge on any atom is -0.497 e. The number of rotatable bonds is 4. The third kappa shape index (κ3) is 3.26. The van der Waals surface area contributed by atoms with E-state index in [2.05, 4.69) is 6.07 Å². The molecule has 0 radical (unpaired) electrons. The van der Waals surface area contributed by atoms with E-state index in [1.165, 1.54) is 0 Å². The first-order chi connectivity index (χ1) is 9.22. The van der Waals surface area contributed by atoms with Crippen LogP contribution in [-0.4, -0.2) is 7.11 Å². The highest BCUT2D eigenvalue weighted by Crippen LogP contribution is 2.23. The SMILES string of the molecule is COc1ccc(C(C#N)Oc2ccc(C)cc2)cc1. The van der Waals surface area contributed by atoms with Crippen LogP contribution >= 0.6 is 0 Å². The van der Waals surface area contributed by atoms with E-state index >= 15 is 0 Å². The minimum absolute atomic E-state index is 0.617. The highest BCUT2D eigenvalue weighted by Gasteiger charge is 2.12. The maximum atomic E-state index is 9.22. The first-order valence-corrected chi connectivity index (χ1v) is 6.00. The quantitative estimate of drug-likeness (QED) is 0.835. The molecule has 2 rings (SSSR count). The van der Waals surface area contributed by atoms with Gasteiger partial charge in [-0.2, -0.15) is 5.26 Å². The Bertz CT molecular complexity index is 567. The molecule has 0 aliphatic carbocycles. The Morgan fingerprint density at radius 2 is 1.53 bits per heavy atom. The molecule has 1 unspecified atom stereocenters. The van der Waals surface area contributed by atoms with Crippen LogP contribution in [-0.2, 0) is 0 Å². The van der Waals surface area contributed by atoms with Gasteiger partial charge in [0.25, 0.3) is 0 Å². The van der Waals surface area contributed by atoms with E-state index in [4.69, 9.17) is 9.47 Å². The zero-order chi connectivity index (χ0) is 13.7. The van der Waals surface area contributed by atoms with Gasteiger partial charge in [0.1, 0.15) is 17.6 Å². The molecule has 0 N–H and O–H groups in total. The van der Waals surface area contributed by atoms with Crippen molar-refractivity contribution in [1.82, 2.24) is 0 Å².